The van der Waals surface area contributed by atoms with Gasteiger partial charge in [0.2, 0.25) is 5.82 Å². The molecule has 0 spiro atoms. The Labute approximate surface area is 176 Å². The van der Waals surface area contributed by atoms with Crippen molar-refractivity contribution < 1.29 is 18.6 Å². The first kappa shape index (κ1) is 24.4. The molecule has 0 heterocycles. The molecule has 0 fully saturated rings. The fraction of sp³-hybridized carbons (Fsp3) is 0.250. The van der Waals surface area contributed by atoms with Crippen molar-refractivity contribution >= 4 is 22.4 Å². The van der Waals surface area contributed by atoms with Crippen molar-refractivity contribution in [1.29, 1.82) is 0 Å². The van der Waals surface area contributed by atoms with Crippen LogP contribution in [0.4, 0.5) is 8.78 Å². The topological polar surface area (TPSA) is 29.5 Å². The van der Waals surface area contributed by atoms with Crippen LogP contribution in [0.3, 0.4) is 0 Å². The molecule has 0 amide bonds. The summed E-state index contributed by atoms with van der Waals surface area (Å²) in [4.78, 5) is 0. The van der Waals surface area contributed by atoms with Gasteiger partial charge in [0.1, 0.15) is 6.10 Å². The van der Waals surface area contributed by atoms with Crippen molar-refractivity contribution in [2.75, 3.05) is 6.61 Å². The molecule has 5 heteroatoms. The Bertz CT molecular complexity index is 984. The van der Waals surface area contributed by atoms with Crippen LogP contribution in [0.15, 0.2) is 42.5 Å². The van der Waals surface area contributed by atoms with E-state index in [9.17, 15) is 13.9 Å². The lowest BCUT2D eigenvalue weighted by Gasteiger charge is -2.18. The zero-order chi connectivity index (χ0) is 22.1. The minimum atomic E-state index is -1.39. The number of aryl methyl sites for hydroxylation is 1. The van der Waals surface area contributed by atoms with Gasteiger partial charge in [0.05, 0.1) is 11.6 Å². The smallest absolute Gasteiger partial charge is 0.200 e. The molecule has 3 rings (SSSR count). The van der Waals surface area contributed by atoms with Crippen LogP contribution in [-0.4, -0.2) is 11.7 Å². The molecule has 1 N–H and O–H groups in total. The van der Waals surface area contributed by atoms with Gasteiger partial charge in [-0.3, -0.25) is 0 Å². The molecular formula is C24H25ClF2O2. The lowest BCUT2D eigenvalue weighted by atomic mass is 9.95. The Morgan fingerprint density at radius 3 is 2.17 bits per heavy atom. The maximum atomic E-state index is 14.4. The average molecular weight is 419 g/mol. The molecule has 1 atom stereocenters. The minimum Gasteiger partial charge on any atom is -0.491 e. The molecular weight excluding hydrogens is 394 g/mol. The van der Waals surface area contributed by atoms with Gasteiger partial charge < -0.3 is 9.84 Å². The van der Waals surface area contributed by atoms with Crippen LogP contribution in [0.25, 0.3) is 10.8 Å². The number of halogens is 3. The van der Waals surface area contributed by atoms with Gasteiger partial charge >= 0.3 is 0 Å². The summed E-state index contributed by atoms with van der Waals surface area (Å²) in [6, 6.07) is 11.8. The van der Waals surface area contributed by atoms with Gasteiger partial charge in [-0.05, 0) is 36.9 Å². The van der Waals surface area contributed by atoms with Gasteiger partial charge in [-0.15, -0.1) is 12.8 Å². The van der Waals surface area contributed by atoms with Crippen molar-refractivity contribution in [3.05, 3.63) is 75.8 Å². The van der Waals surface area contributed by atoms with Gasteiger partial charge in [0, 0.05) is 16.5 Å². The van der Waals surface area contributed by atoms with Crippen molar-refractivity contribution in [3.8, 4) is 18.6 Å². The third-order valence-electron chi connectivity index (χ3n) is 4.18. The molecule has 0 radical (unpaired) electrons. The van der Waals surface area contributed by atoms with Gasteiger partial charge in [-0.2, -0.15) is 4.39 Å². The standard InChI is InChI=1S/C20H17ClF2O2.C2H6.C2H2/c1-3-25-16-9-8-14(18(22)19(16)23)20(24)15-10-11(2)12-6-4-5-7-13(12)17(15)21;2*1-2/h4-10,20,24H,3H2,1-2H3;1-2H3;1-2H. The highest BCUT2D eigenvalue weighted by molar-refractivity contribution is 6.36. The van der Waals surface area contributed by atoms with E-state index in [2.05, 4.69) is 12.8 Å². The quantitative estimate of drug-likeness (QED) is 0.470. The van der Waals surface area contributed by atoms with Crippen molar-refractivity contribution in [1.82, 2.24) is 0 Å². The monoisotopic (exact) mass is 418 g/mol. The molecule has 0 aliphatic carbocycles. The second-order valence-corrected chi connectivity index (χ2v) is 6.14. The van der Waals surface area contributed by atoms with Crippen LogP contribution in [0.2, 0.25) is 5.02 Å². The molecule has 29 heavy (non-hydrogen) atoms. The number of aliphatic hydroxyl groups is 1. The van der Waals surface area contributed by atoms with E-state index < -0.39 is 17.7 Å². The van der Waals surface area contributed by atoms with E-state index in [1.54, 1.807) is 13.0 Å². The van der Waals surface area contributed by atoms with Gasteiger partial charge in [0.25, 0.3) is 0 Å². The van der Waals surface area contributed by atoms with Crippen LogP contribution in [0.1, 0.15) is 43.6 Å². The highest BCUT2D eigenvalue weighted by Crippen LogP contribution is 2.37. The Hall–Kier alpha value is -2.61. The Kier molecular flexibility index (Phi) is 9.61. The van der Waals surface area contributed by atoms with Crippen LogP contribution < -0.4 is 4.74 Å². The lowest BCUT2D eigenvalue weighted by Crippen LogP contribution is -2.07. The van der Waals surface area contributed by atoms with E-state index in [0.29, 0.717) is 10.6 Å². The summed E-state index contributed by atoms with van der Waals surface area (Å²) in [5.41, 5.74) is 1.04. The number of aliphatic hydroxyl groups excluding tert-OH is 1. The number of fused-ring (bicyclic) bond motifs is 1. The summed E-state index contributed by atoms with van der Waals surface area (Å²) in [7, 11) is 0. The van der Waals surface area contributed by atoms with E-state index in [1.807, 2.05) is 45.0 Å². The van der Waals surface area contributed by atoms with E-state index >= 15 is 0 Å². The number of rotatable bonds is 4. The van der Waals surface area contributed by atoms with Crippen molar-refractivity contribution in [2.24, 2.45) is 0 Å². The first-order valence-corrected chi connectivity index (χ1v) is 9.63. The number of ether oxygens (including phenoxy) is 1. The van der Waals surface area contributed by atoms with Gasteiger partial charge in [-0.1, -0.05) is 55.8 Å². The van der Waals surface area contributed by atoms with Crippen molar-refractivity contribution in [3.63, 3.8) is 0 Å². The largest absolute Gasteiger partial charge is 0.491 e. The minimum absolute atomic E-state index is 0.183. The summed E-state index contributed by atoms with van der Waals surface area (Å²) in [6.45, 7) is 7.77. The molecule has 0 bridgehead atoms. The van der Waals surface area contributed by atoms with Gasteiger partial charge in [0.15, 0.2) is 11.6 Å². The highest BCUT2D eigenvalue weighted by atomic mass is 35.5. The molecule has 1 unspecified atom stereocenters. The first-order valence-electron chi connectivity index (χ1n) is 9.25. The zero-order valence-electron chi connectivity index (χ0n) is 17.0. The molecule has 0 saturated carbocycles. The van der Waals surface area contributed by atoms with Crippen LogP contribution >= 0.6 is 11.6 Å². The second-order valence-electron chi connectivity index (χ2n) is 5.76. The van der Waals surface area contributed by atoms with E-state index in [1.165, 1.54) is 12.1 Å². The normalized spacial score (nSPS) is 11.0. The summed E-state index contributed by atoms with van der Waals surface area (Å²) in [5.74, 6) is -2.44. The number of hydrogen-bond donors (Lipinski definition) is 1. The predicted octanol–water partition coefficient (Wildman–Crippen LogP) is 6.84. The van der Waals surface area contributed by atoms with Crippen molar-refractivity contribution in [2.45, 2.75) is 33.8 Å². The van der Waals surface area contributed by atoms with Crippen LogP contribution in [0, 0.1) is 31.4 Å². The highest BCUT2D eigenvalue weighted by Gasteiger charge is 2.24. The average Bonchev–Trinajstić information content (AvgIpc) is 2.77. The third kappa shape index (κ3) is 5.06. The van der Waals surface area contributed by atoms with E-state index in [4.69, 9.17) is 16.3 Å². The maximum absolute atomic E-state index is 14.4. The summed E-state index contributed by atoms with van der Waals surface area (Å²) in [5, 5.41) is 12.7. The van der Waals surface area contributed by atoms with E-state index in [-0.39, 0.29) is 17.9 Å². The summed E-state index contributed by atoms with van der Waals surface area (Å²) < 4.78 is 33.6. The predicted molar refractivity (Wildman–Crippen MR) is 117 cm³/mol. The molecule has 2 nitrogen and oxygen atoms in total. The number of hydrogen-bond acceptors (Lipinski definition) is 2. The fourth-order valence-electron chi connectivity index (χ4n) is 2.94. The number of benzene rings is 3. The van der Waals surface area contributed by atoms with Crippen LogP contribution in [0.5, 0.6) is 5.75 Å². The summed E-state index contributed by atoms with van der Waals surface area (Å²) >= 11 is 6.43. The summed E-state index contributed by atoms with van der Waals surface area (Å²) in [6.07, 6.45) is 6.61. The van der Waals surface area contributed by atoms with E-state index in [0.717, 1.165) is 16.3 Å². The molecule has 0 saturated heterocycles. The SMILES string of the molecule is C#C.CC.CCOc1ccc(C(O)c2cc(C)c3ccccc3c2Cl)c(F)c1F. The van der Waals surface area contributed by atoms with Crippen LogP contribution in [-0.2, 0) is 0 Å². The fourth-order valence-corrected chi connectivity index (χ4v) is 3.26. The Morgan fingerprint density at radius 2 is 1.59 bits per heavy atom. The molecule has 0 aliphatic heterocycles. The van der Waals surface area contributed by atoms with Gasteiger partial charge in [-0.25, -0.2) is 4.39 Å². The molecule has 0 aliphatic rings. The molecule has 0 aromatic heterocycles. The zero-order valence-corrected chi connectivity index (χ0v) is 17.7. The Balaban J connectivity index is 0.000000989. The lowest BCUT2D eigenvalue weighted by molar-refractivity contribution is 0.212. The molecule has 3 aromatic carbocycles. The third-order valence-corrected chi connectivity index (χ3v) is 4.60. The molecule has 154 valence electrons. The Morgan fingerprint density at radius 1 is 1.00 bits per heavy atom. The maximum Gasteiger partial charge on any atom is 0.200 e. The number of terminal acetylenes is 1. The second kappa shape index (κ2) is 11.4. The molecule has 3 aromatic rings. The first-order chi connectivity index (χ1) is 14.0.